The lowest BCUT2D eigenvalue weighted by molar-refractivity contribution is 0.456. The number of furan rings is 1. The van der Waals surface area contributed by atoms with Gasteiger partial charge in [-0.1, -0.05) is 23.2 Å². The number of hydrogen-bond acceptors (Lipinski definition) is 3. The van der Waals surface area contributed by atoms with Crippen molar-refractivity contribution in [1.82, 2.24) is 9.55 Å². The van der Waals surface area contributed by atoms with Crippen LogP contribution >= 0.6 is 23.2 Å². The number of imidazole rings is 1. The summed E-state index contributed by atoms with van der Waals surface area (Å²) >= 11 is 12.1. The molecule has 4 nitrogen and oxygen atoms in total. The monoisotopic (exact) mass is 309 g/mol. The van der Waals surface area contributed by atoms with Crippen molar-refractivity contribution in [3.05, 3.63) is 46.3 Å². The number of nitrogens with two attached hydrogens (primary N) is 1. The van der Waals surface area contributed by atoms with Crippen molar-refractivity contribution in [2.75, 3.05) is 5.73 Å². The first-order chi connectivity index (χ1) is 9.56. The summed E-state index contributed by atoms with van der Waals surface area (Å²) in [6.07, 6.45) is 2.39. The Morgan fingerprint density at radius 2 is 2.10 bits per heavy atom. The maximum Gasteiger partial charge on any atom is 0.201 e. The number of nitrogen functional groups attached to an aromatic ring is 1. The largest absolute Gasteiger partial charge is 0.469 e. The molecule has 0 bridgehead atoms. The van der Waals surface area contributed by atoms with Crippen LogP contribution in [0.25, 0.3) is 11.0 Å². The molecule has 0 saturated heterocycles. The van der Waals surface area contributed by atoms with Crippen LogP contribution in [0.5, 0.6) is 0 Å². The quantitative estimate of drug-likeness (QED) is 0.783. The summed E-state index contributed by atoms with van der Waals surface area (Å²) in [5.41, 5.74) is 7.63. The fraction of sp³-hybridized carbons (Fsp3) is 0.214. The van der Waals surface area contributed by atoms with Crippen molar-refractivity contribution in [3.63, 3.8) is 0 Å². The number of anilines is 1. The highest BCUT2D eigenvalue weighted by atomic mass is 35.5. The second-order valence-corrected chi connectivity index (χ2v) is 5.54. The van der Waals surface area contributed by atoms with E-state index < -0.39 is 0 Å². The van der Waals surface area contributed by atoms with E-state index >= 15 is 0 Å². The molecule has 0 aliphatic heterocycles. The highest BCUT2D eigenvalue weighted by Gasteiger charge is 2.17. The third-order valence-corrected chi connectivity index (χ3v) is 4.00. The van der Waals surface area contributed by atoms with Crippen molar-refractivity contribution in [3.8, 4) is 0 Å². The SMILES string of the molecule is CC(Cc1ccco1)n1c(N)nc2cc(Cl)c(Cl)cc21. The molecule has 0 aliphatic carbocycles. The molecule has 1 unspecified atom stereocenters. The smallest absolute Gasteiger partial charge is 0.201 e. The van der Waals surface area contributed by atoms with E-state index in [0.717, 1.165) is 23.2 Å². The number of nitrogens with zero attached hydrogens (tertiary/aromatic N) is 2. The summed E-state index contributed by atoms with van der Waals surface area (Å²) in [6.45, 7) is 2.06. The minimum absolute atomic E-state index is 0.100. The summed E-state index contributed by atoms with van der Waals surface area (Å²) in [5.74, 6) is 1.34. The van der Waals surface area contributed by atoms with Crippen molar-refractivity contribution in [2.45, 2.75) is 19.4 Å². The van der Waals surface area contributed by atoms with E-state index in [9.17, 15) is 0 Å². The van der Waals surface area contributed by atoms with Crippen LogP contribution in [0.3, 0.4) is 0 Å². The highest BCUT2D eigenvalue weighted by Crippen LogP contribution is 2.31. The molecule has 0 aliphatic rings. The van der Waals surface area contributed by atoms with E-state index in [2.05, 4.69) is 11.9 Å². The summed E-state index contributed by atoms with van der Waals surface area (Å²) in [6, 6.07) is 7.43. The van der Waals surface area contributed by atoms with Gasteiger partial charge in [-0.2, -0.15) is 0 Å². The summed E-state index contributed by atoms with van der Waals surface area (Å²) in [7, 11) is 0. The van der Waals surface area contributed by atoms with Crippen LogP contribution < -0.4 is 5.73 Å². The summed E-state index contributed by atoms with van der Waals surface area (Å²) in [5, 5.41) is 0.966. The maximum atomic E-state index is 6.08. The highest BCUT2D eigenvalue weighted by molar-refractivity contribution is 6.42. The Balaban J connectivity index is 2.06. The van der Waals surface area contributed by atoms with Crippen LogP contribution in [0.2, 0.25) is 10.0 Å². The van der Waals surface area contributed by atoms with Crippen molar-refractivity contribution in [2.24, 2.45) is 0 Å². The lowest BCUT2D eigenvalue weighted by Gasteiger charge is -2.15. The van der Waals surface area contributed by atoms with Crippen LogP contribution in [0, 0.1) is 0 Å². The van der Waals surface area contributed by atoms with Gasteiger partial charge in [0.1, 0.15) is 5.76 Å². The van der Waals surface area contributed by atoms with Gasteiger partial charge in [-0.3, -0.25) is 0 Å². The second kappa shape index (κ2) is 5.04. The second-order valence-electron chi connectivity index (χ2n) is 4.73. The topological polar surface area (TPSA) is 57.0 Å². The van der Waals surface area contributed by atoms with Gasteiger partial charge in [0, 0.05) is 12.5 Å². The molecule has 0 amide bonds. The number of rotatable bonds is 3. The van der Waals surface area contributed by atoms with Crippen molar-refractivity contribution < 1.29 is 4.42 Å². The molecular weight excluding hydrogens is 297 g/mol. The molecule has 2 N–H and O–H groups in total. The zero-order chi connectivity index (χ0) is 14.3. The Morgan fingerprint density at radius 1 is 1.35 bits per heavy atom. The van der Waals surface area contributed by atoms with E-state index in [1.165, 1.54) is 0 Å². The Labute approximate surface area is 126 Å². The van der Waals surface area contributed by atoms with Gasteiger partial charge in [-0.05, 0) is 31.2 Å². The van der Waals surface area contributed by atoms with Crippen LogP contribution in [0.15, 0.2) is 34.9 Å². The first-order valence-electron chi connectivity index (χ1n) is 6.21. The van der Waals surface area contributed by atoms with Crippen molar-refractivity contribution >= 4 is 40.2 Å². The van der Waals surface area contributed by atoms with Gasteiger partial charge in [0.05, 0.1) is 27.3 Å². The molecule has 2 aromatic heterocycles. The molecule has 2 heterocycles. The minimum Gasteiger partial charge on any atom is -0.469 e. The summed E-state index contributed by atoms with van der Waals surface area (Å²) in [4.78, 5) is 4.33. The van der Waals surface area contributed by atoms with E-state index in [0.29, 0.717) is 16.0 Å². The van der Waals surface area contributed by atoms with Gasteiger partial charge >= 0.3 is 0 Å². The Hall–Kier alpha value is -1.65. The Morgan fingerprint density at radius 3 is 2.80 bits per heavy atom. The maximum absolute atomic E-state index is 6.08. The molecule has 20 heavy (non-hydrogen) atoms. The van der Waals surface area contributed by atoms with Gasteiger partial charge < -0.3 is 14.7 Å². The van der Waals surface area contributed by atoms with Crippen LogP contribution in [-0.2, 0) is 6.42 Å². The minimum atomic E-state index is 0.100. The molecule has 3 rings (SSSR count). The third-order valence-electron chi connectivity index (χ3n) is 3.28. The molecule has 1 atom stereocenters. The molecule has 1 aromatic carbocycles. The van der Waals surface area contributed by atoms with E-state index in [1.54, 1.807) is 18.4 Å². The van der Waals surface area contributed by atoms with Gasteiger partial charge in [-0.15, -0.1) is 0 Å². The van der Waals surface area contributed by atoms with Gasteiger partial charge in [0.15, 0.2) is 0 Å². The fourth-order valence-electron chi connectivity index (χ4n) is 2.38. The van der Waals surface area contributed by atoms with Crippen molar-refractivity contribution in [1.29, 1.82) is 0 Å². The number of hydrogen-bond donors (Lipinski definition) is 1. The first kappa shape index (κ1) is 13.3. The normalized spacial score (nSPS) is 12.9. The number of fused-ring (bicyclic) bond motifs is 1. The van der Waals surface area contributed by atoms with Crippen LogP contribution in [0.1, 0.15) is 18.7 Å². The molecule has 0 fully saturated rings. The van der Waals surface area contributed by atoms with E-state index in [4.69, 9.17) is 33.4 Å². The predicted molar refractivity (Wildman–Crippen MR) is 81.3 cm³/mol. The van der Waals surface area contributed by atoms with Crippen LogP contribution in [0.4, 0.5) is 5.95 Å². The summed E-state index contributed by atoms with van der Waals surface area (Å²) < 4.78 is 7.32. The van der Waals surface area contributed by atoms with Gasteiger partial charge in [0.2, 0.25) is 5.95 Å². The van der Waals surface area contributed by atoms with E-state index in [1.807, 2.05) is 16.7 Å². The number of benzene rings is 1. The lowest BCUT2D eigenvalue weighted by Crippen LogP contribution is -2.11. The fourth-order valence-corrected chi connectivity index (χ4v) is 2.70. The van der Waals surface area contributed by atoms with Gasteiger partial charge in [0.25, 0.3) is 0 Å². The molecule has 3 aromatic rings. The first-order valence-corrected chi connectivity index (χ1v) is 6.96. The van der Waals surface area contributed by atoms with Crippen LogP contribution in [-0.4, -0.2) is 9.55 Å². The number of aromatic nitrogens is 2. The lowest BCUT2D eigenvalue weighted by atomic mass is 10.2. The third kappa shape index (κ3) is 2.25. The molecule has 6 heteroatoms. The molecular formula is C14H13Cl2N3O. The molecule has 0 radical (unpaired) electrons. The molecule has 104 valence electrons. The van der Waals surface area contributed by atoms with Gasteiger partial charge in [-0.25, -0.2) is 4.98 Å². The zero-order valence-electron chi connectivity index (χ0n) is 10.8. The predicted octanol–water partition coefficient (Wildman–Crippen LogP) is 4.32. The average Bonchev–Trinajstić information content (AvgIpc) is 2.97. The zero-order valence-corrected chi connectivity index (χ0v) is 12.3. The Bertz CT molecular complexity index is 749. The molecule has 0 spiro atoms. The van der Waals surface area contributed by atoms with E-state index in [-0.39, 0.29) is 6.04 Å². The Kier molecular flexibility index (Phi) is 3.36. The standard InChI is InChI=1S/C14H13Cl2N3O/c1-8(5-9-3-2-4-20-9)19-13-7-11(16)10(15)6-12(13)18-14(19)17/h2-4,6-8H,5H2,1H3,(H2,17,18). The average molecular weight is 310 g/mol. The number of halogens is 2. The molecule has 0 saturated carbocycles.